The third-order valence-electron chi connectivity index (χ3n) is 3.85. The van der Waals surface area contributed by atoms with Gasteiger partial charge in [-0.2, -0.15) is 12.6 Å². The number of aromatic nitrogens is 1. The largest absolute Gasteiger partial charge is 0.342 e. The number of likely N-dealkylation sites (tertiary alicyclic amines) is 1. The van der Waals surface area contributed by atoms with E-state index in [2.05, 4.69) is 35.8 Å². The van der Waals surface area contributed by atoms with Gasteiger partial charge in [0, 0.05) is 37.0 Å². The van der Waals surface area contributed by atoms with E-state index in [0.29, 0.717) is 12.3 Å². The molecule has 1 unspecified atom stereocenters. The van der Waals surface area contributed by atoms with Crippen LogP contribution in [0.3, 0.4) is 0 Å². The fourth-order valence-electron chi connectivity index (χ4n) is 2.69. The Morgan fingerprint density at radius 1 is 1.25 bits per heavy atom. The molecule has 1 fully saturated rings. The minimum Gasteiger partial charge on any atom is -0.342 e. The zero-order valence-electron chi connectivity index (χ0n) is 11.3. The zero-order chi connectivity index (χ0) is 13.9. The predicted octanol–water partition coefficient (Wildman–Crippen LogP) is 2.56. The van der Waals surface area contributed by atoms with Crippen LogP contribution in [0.1, 0.15) is 12.1 Å². The van der Waals surface area contributed by atoms with E-state index in [-0.39, 0.29) is 5.91 Å². The number of benzene rings is 1. The maximum Gasteiger partial charge on any atom is 0.222 e. The molecule has 1 aromatic heterocycles. The highest BCUT2D eigenvalue weighted by molar-refractivity contribution is 7.80. The van der Waals surface area contributed by atoms with Crippen molar-refractivity contribution >= 4 is 29.4 Å². The topological polar surface area (TPSA) is 33.2 Å². The van der Waals surface area contributed by atoms with Gasteiger partial charge in [0.2, 0.25) is 5.91 Å². The van der Waals surface area contributed by atoms with E-state index in [0.717, 1.165) is 41.9 Å². The van der Waals surface area contributed by atoms with Crippen molar-refractivity contribution in [2.75, 3.05) is 18.8 Å². The number of hydrogen-bond donors (Lipinski definition) is 1. The lowest BCUT2D eigenvalue weighted by Crippen LogP contribution is -2.27. The maximum atomic E-state index is 11.8. The molecule has 20 heavy (non-hydrogen) atoms. The van der Waals surface area contributed by atoms with Gasteiger partial charge in [0.15, 0.2) is 0 Å². The first-order valence-electron chi connectivity index (χ1n) is 6.99. The molecule has 1 saturated heterocycles. The van der Waals surface area contributed by atoms with Crippen molar-refractivity contribution in [2.24, 2.45) is 5.92 Å². The summed E-state index contributed by atoms with van der Waals surface area (Å²) in [6.45, 7) is 1.60. The molecule has 4 heteroatoms. The highest BCUT2D eigenvalue weighted by Gasteiger charge is 2.27. The van der Waals surface area contributed by atoms with Crippen LogP contribution in [-0.4, -0.2) is 34.6 Å². The summed E-state index contributed by atoms with van der Waals surface area (Å²) in [5.41, 5.74) is 2.07. The fourth-order valence-corrected chi connectivity index (χ4v) is 2.93. The quantitative estimate of drug-likeness (QED) is 0.876. The van der Waals surface area contributed by atoms with Gasteiger partial charge in [-0.25, -0.2) is 0 Å². The standard InChI is InChI=1S/C16H18N2OS/c19-16-9-12(11-20)10-18(16)8-7-14-6-5-13-3-1-2-4-15(13)17-14/h1-6,12,20H,7-11H2. The van der Waals surface area contributed by atoms with Crippen LogP contribution in [-0.2, 0) is 11.2 Å². The van der Waals surface area contributed by atoms with Gasteiger partial charge in [-0.15, -0.1) is 0 Å². The van der Waals surface area contributed by atoms with Crippen molar-refractivity contribution in [3.63, 3.8) is 0 Å². The first-order chi connectivity index (χ1) is 9.76. The number of nitrogens with zero attached hydrogens (tertiary/aromatic N) is 2. The van der Waals surface area contributed by atoms with Crippen molar-refractivity contribution in [3.05, 3.63) is 42.1 Å². The van der Waals surface area contributed by atoms with E-state index in [1.807, 2.05) is 23.1 Å². The lowest BCUT2D eigenvalue weighted by molar-refractivity contribution is -0.127. The Bertz CT molecular complexity index is 629. The molecule has 3 nitrogen and oxygen atoms in total. The summed E-state index contributed by atoms with van der Waals surface area (Å²) in [5.74, 6) is 1.46. The summed E-state index contributed by atoms with van der Waals surface area (Å²) in [4.78, 5) is 18.4. The first-order valence-corrected chi connectivity index (χ1v) is 7.63. The molecular formula is C16H18N2OS. The van der Waals surface area contributed by atoms with Crippen LogP contribution < -0.4 is 0 Å². The molecule has 3 rings (SSSR count). The second-order valence-corrected chi connectivity index (χ2v) is 5.70. The molecule has 1 atom stereocenters. The first kappa shape index (κ1) is 13.4. The SMILES string of the molecule is O=C1CC(CS)CN1CCc1ccc2ccccc2n1. The van der Waals surface area contributed by atoms with Crippen LogP contribution in [0.15, 0.2) is 36.4 Å². The molecule has 0 N–H and O–H groups in total. The summed E-state index contributed by atoms with van der Waals surface area (Å²) in [7, 11) is 0. The van der Waals surface area contributed by atoms with Crippen molar-refractivity contribution < 1.29 is 4.79 Å². The van der Waals surface area contributed by atoms with Crippen LogP contribution >= 0.6 is 12.6 Å². The van der Waals surface area contributed by atoms with Crippen LogP contribution in [0.5, 0.6) is 0 Å². The van der Waals surface area contributed by atoms with Crippen LogP contribution in [0.25, 0.3) is 10.9 Å². The number of pyridine rings is 1. The maximum absolute atomic E-state index is 11.8. The molecule has 0 spiro atoms. The van der Waals surface area contributed by atoms with Crippen molar-refractivity contribution in [1.82, 2.24) is 9.88 Å². The molecule has 104 valence electrons. The summed E-state index contributed by atoms with van der Waals surface area (Å²) < 4.78 is 0. The number of thiol groups is 1. The van der Waals surface area contributed by atoms with Gasteiger partial charge in [0.25, 0.3) is 0 Å². The van der Waals surface area contributed by atoms with Crippen molar-refractivity contribution in [3.8, 4) is 0 Å². The third-order valence-corrected chi connectivity index (χ3v) is 4.36. The third kappa shape index (κ3) is 2.80. The number of fused-ring (bicyclic) bond motifs is 1. The summed E-state index contributed by atoms with van der Waals surface area (Å²) in [6, 6.07) is 12.3. The van der Waals surface area contributed by atoms with Gasteiger partial charge >= 0.3 is 0 Å². The number of para-hydroxylation sites is 1. The minimum atomic E-state index is 0.254. The van der Waals surface area contributed by atoms with Crippen LogP contribution in [0.2, 0.25) is 0 Å². The number of carbonyl (C=O) groups is 1. The highest BCUT2D eigenvalue weighted by atomic mass is 32.1. The number of hydrogen-bond acceptors (Lipinski definition) is 3. The van der Waals surface area contributed by atoms with Gasteiger partial charge in [0.05, 0.1) is 5.52 Å². The van der Waals surface area contributed by atoms with E-state index in [1.54, 1.807) is 0 Å². The molecule has 1 aromatic carbocycles. The molecule has 0 radical (unpaired) electrons. The Morgan fingerprint density at radius 2 is 2.10 bits per heavy atom. The molecular weight excluding hydrogens is 268 g/mol. The van der Waals surface area contributed by atoms with Gasteiger partial charge in [-0.1, -0.05) is 24.3 Å². The molecule has 2 aromatic rings. The smallest absolute Gasteiger partial charge is 0.222 e. The van der Waals surface area contributed by atoms with Crippen molar-refractivity contribution in [2.45, 2.75) is 12.8 Å². The highest BCUT2D eigenvalue weighted by Crippen LogP contribution is 2.19. The Labute approximate surface area is 124 Å². The van der Waals surface area contributed by atoms with Crippen molar-refractivity contribution in [1.29, 1.82) is 0 Å². The Balaban J connectivity index is 1.66. The van der Waals surface area contributed by atoms with Gasteiger partial charge < -0.3 is 4.90 Å². The van der Waals surface area contributed by atoms with E-state index in [9.17, 15) is 4.79 Å². The second-order valence-electron chi connectivity index (χ2n) is 5.34. The van der Waals surface area contributed by atoms with E-state index >= 15 is 0 Å². The molecule has 1 amide bonds. The van der Waals surface area contributed by atoms with E-state index in [1.165, 1.54) is 0 Å². The summed E-state index contributed by atoms with van der Waals surface area (Å²) in [5, 5.41) is 1.16. The normalized spacial score (nSPS) is 18.9. The number of amides is 1. The lowest BCUT2D eigenvalue weighted by Gasteiger charge is -2.16. The van der Waals surface area contributed by atoms with Gasteiger partial charge in [-0.3, -0.25) is 9.78 Å². The van der Waals surface area contributed by atoms with Crippen LogP contribution in [0, 0.1) is 5.92 Å². The molecule has 0 aliphatic carbocycles. The predicted molar refractivity (Wildman–Crippen MR) is 84.0 cm³/mol. The molecule has 2 heterocycles. The molecule has 0 saturated carbocycles. The summed E-state index contributed by atoms with van der Waals surface area (Å²) in [6.07, 6.45) is 1.46. The second kappa shape index (κ2) is 5.83. The number of rotatable bonds is 4. The van der Waals surface area contributed by atoms with E-state index < -0.39 is 0 Å². The molecule has 1 aliphatic heterocycles. The van der Waals surface area contributed by atoms with E-state index in [4.69, 9.17) is 0 Å². The number of carbonyl (C=O) groups excluding carboxylic acids is 1. The Hall–Kier alpha value is -1.55. The fraction of sp³-hybridized carbons (Fsp3) is 0.375. The average molecular weight is 286 g/mol. The summed E-state index contributed by atoms with van der Waals surface area (Å²) >= 11 is 4.28. The minimum absolute atomic E-state index is 0.254. The molecule has 1 aliphatic rings. The Morgan fingerprint density at radius 3 is 2.90 bits per heavy atom. The Kier molecular flexibility index (Phi) is 3.92. The monoisotopic (exact) mass is 286 g/mol. The average Bonchev–Trinajstić information content (AvgIpc) is 2.85. The van der Waals surface area contributed by atoms with Crippen LogP contribution in [0.4, 0.5) is 0 Å². The lowest BCUT2D eigenvalue weighted by atomic mass is 10.1. The van der Waals surface area contributed by atoms with Gasteiger partial charge in [0.1, 0.15) is 0 Å². The van der Waals surface area contributed by atoms with Gasteiger partial charge in [-0.05, 0) is 23.8 Å². The zero-order valence-corrected chi connectivity index (χ0v) is 12.2. The molecule has 0 bridgehead atoms.